The summed E-state index contributed by atoms with van der Waals surface area (Å²) in [6.07, 6.45) is 4.14. The minimum atomic E-state index is -0.313. The second kappa shape index (κ2) is 7.96. The lowest BCUT2D eigenvalue weighted by atomic mass is 9.88. The van der Waals surface area contributed by atoms with Gasteiger partial charge in [-0.25, -0.2) is 0 Å². The second-order valence-corrected chi connectivity index (χ2v) is 10.1. The summed E-state index contributed by atoms with van der Waals surface area (Å²) < 4.78 is 24.9. The SMILES string of the molecule is CN1CCN(CCOc2ccc3c(c2)O[C@H]2c4cc5c(cc4OC[C@@H]32)C=CC(C)(C)O5)CC1. The zero-order chi connectivity index (χ0) is 22.6. The van der Waals surface area contributed by atoms with Crippen LogP contribution >= 0.6 is 0 Å². The molecule has 2 aromatic rings. The van der Waals surface area contributed by atoms with Crippen LogP contribution in [0.5, 0.6) is 23.0 Å². The van der Waals surface area contributed by atoms with Crippen molar-refractivity contribution < 1.29 is 18.9 Å². The minimum absolute atomic E-state index is 0.0627. The number of benzene rings is 2. The maximum absolute atomic E-state index is 6.48. The van der Waals surface area contributed by atoms with Crippen molar-refractivity contribution >= 4 is 6.08 Å². The normalized spacial score (nSPS) is 25.1. The standard InChI is InChI=1S/C27H32N2O4/c1-27(2)7-6-18-14-24-21(16-23(18)33-27)26-22(17-31-24)20-5-4-19(15-25(20)32-26)30-13-12-29-10-8-28(3)9-11-29/h4-7,14-16,22,26H,8-13,17H2,1-3H3/t22-,26-/m0/s1. The Morgan fingerprint density at radius 1 is 1.00 bits per heavy atom. The molecule has 0 amide bonds. The minimum Gasteiger partial charge on any atom is -0.492 e. The van der Waals surface area contributed by atoms with Gasteiger partial charge in [-0.05, 0) is 45.2 Å². The third-order valence-corrected chi connectivity index (χ3v) is 7.18. The van der Waals surface area contributed by atoms with Crippen molar-refractivity contribution in [2.75, 3.05) is 53.0 Å². The van der Waals surface area contributed by atoms with Crippen LogP contribution in [0.2, 0.25) is 0 Å². The van der Waals surface area contributed by atoms with Crippen LogP contribution < -0.4 is 18.9 Å². The fraction of sp³-hybridized carbons (Fsp3) is 0.481. The van der Waals surface area contributed by atoms with E-state index >= 15 is 0 Å². The van der Waals surface area contributed by atoms with Gasteiger partial charge in [-0.3, -0.25) is 4.90 Å². The molecule has 4 aliphatic heterocycles. The number of hydrogen-bond donors (Lipinski definition) is 0. The fourth-order valence-electron chi connectivity index (χ4n) is 5.16. The Hall–Kier alpha value is -2.70. The van der Waals surface area contributed by atoms with E-state index in [2.05, 4.69) is 67.1 Å². The smallest absolute Gasteiger partial charge is 0.138 e. The molecule has 0 radical (unpaired) electrons. The summed E-state index contributed by atoms with van der Waals surface area (Å²) in [5.74, 6) is 3.72. The molecule has 0 bridgehead atoms. The highest BCUT2D eigenvalue weighted by atomic mass is 16.5. The van der Waals surface area contributed by atoms with Crippen LogP contribution in [0.4, 0.5) is 0 Å². The van der Waals surface area contributed by atoms with Gasteiger partial charge in [0.2, 0.25) is 0 Å². The summed E-state index contributed by atoms with van der Waals surface area (Å²) in [7, 11) is 2.18. The Bertz CT molecular complexity index is 1090. The van der Waals surface area contributed by atoms with Crippen LogP contribution in [0.1, 0.15) is 42.6 Å². The topological polar surface area (TPSA) is 43.4 Å². The molecule has 1 fully saturated rings. The van der Waals surface area contributed by atoms with Gasteiger partial charge >= 0.3 is 0 Å². The molecule has 0 aliphatic carbocycles. The molecule has 0 unspecified atom stereocenters. The van der Waals surface area contributed by atoms with E-state index in [-0.39, 0.29) is 17.6 Å². The van der Waals surface area contributed by atoms with Gasteiger partial charge in [0.05, 0.1) is 12.5 Å². The molecule has 0 spiro atoms. The van der Waals surface area contributed by atoms with Gasteiger partial charge in [-0.15, -0.1) is 0 Å². The number of fused-ring (bicyclic) bond motifs is 6. The molecule has 2 atom stereocenters. The molecule has 1 saturated heterocycles. The molecular formula is C27H32N2O4. The molecule has 6 heteroatoms. The summed E-state index contributed by atoms with van der Waals surface area (Å²) in [5, 5.41) is 0. The Labute approximate surface area is 195 Å². The van der Waals surface area contributed by atoms with Gasteiger partial charge in [-0.2, -0.15) is 0 Å². The van der Waals surface area contributed by atoms with Crippen LogP contribution in [-0.4, -0.2) is 68.4 Å². The number of likely N-dealkylation sites (N-methyl/N-ethyl adjacent to an activating group) is 1. The molecule has 2 aromatic carbocycles. The van der Waals surface area contributed by atoms with Crippen molar-refractivity contribution in [2.24, 2.45) is 0 Å². The highest BCUT2D eigenvalue weighted by Crippen LogP contribution is 2.53. The second-order valence-electron chi connectivity index (χ2n) is 10.1. The molecule has 0 aromatic heterocycles. The number of piperazine rings is 1. The van der Waals surface area contributed by atoms with E-state index in [1.165, 1.54) is 5.56 Å². The summed E-state index contributed by atoms with van der Waals surface area (Å²) in [6.45, 7) is 10.9. The van der Waals surface area contributed by atoms with Crippen molar-refractivity contribution in [3.05, 3.63) is 53.1 Å². The monoisotopic (exact) mass is 448 g/mol. The highest BCUT2D eigenvalue weighted by Gasteiger charge is 2.42. The molecule has 174 valence electrons. The van der Waals surface area contributed by atoms with Crippen LogP contribution in [0.3, 0.4) is 0 Å². The van der Waals surface area contributed by atoms with Crippen molar-refractivity contribution in [1.82, 2.24) is 9.80 Å². The van der Waals surface area contributed by atoms with Crippen LogP contribution in [0.15, 0.2) is 36.4 Å². The summed E-state index contributed by atoms with van der Waals surface area (Å²) in [6, 6.07) is 10.4. The van der Waals surface area contributed by atoms with Gasteiger partial charge in [0.25, 0.3) is 0 Å². The molecular weight excluding hydrogens is 416 g/mol. The first kappa shape index (κ1) is 20.9. The first-order valence-electron chi connectivity index (χ1n) is 12.0. The summed E-state index contributed by atoms with van der Waals surface area (Å²) >= 11 is 0. The number of nitrogens with zero attached hydrogens (tertiary/aromatic N) is 2. The largest absolute Gasteiger partial charge is 0.492 e. The first-order chi connectivity index (χ1) is 15.9. The Morgan fingerprint density at radius 3 is 2.70 bits per heavy atom. The van der Waals surface area contributed by atoms with E-state index in [1.807, 2.05) is 6.07 Å². The summed E-state index contributed by atoms with van der Waals surface area (Å²) in [4.78, 5) is 4.84. The summed E-state index contributed by atoms with van der Waals surface area (Å²) in [5.41, 5.74) is 2.99. The van der Waals surface area contributed by atoms with Gasteiger partial charge in [0.15, 0.2) is 0 Å². The van der Waals surface area contributed by atoms with E-state index in [0.717, 1.165) is 66.8 Å². The molecule has 4 heterocycles. The quantitative estimate of drug-likeness (QED) is 0.702. The first-order valence-corrected chi connectivity index (χ1v) is 12.0. The Balaban J connectivity index is 1.16. The number of rotatable bonds is 4. The van der Waals surface area contributed by atoms with Crippen molar-refractivity contribution in [3.63, 3.8) is 0 Å². The van der Waals surface area contributed by atoms with Gasteiger partial charge < -0.3 is 23.8 Å². The van der Waals surface area contributed by atoms with Gasteiger partial charge in [0, 0.05) is 55.5 Å². The predicted molar refractivity (Wildman–Crippen MR) is 128 cm³/mol. The number of hydrogen-bond acceptors (Lipinski definition) is 6. The van der Waals surface area contributed by atoms with Crippen molar-refractivity contribution in [1.29, 1.82) is 0 Å². The average Bonchev–Trinajstić information content (AvgIpc) is 3.17. The Morgan fingerprint density at radius 2 is 1.85 bits per heavy atom. The van der Waals surface area contributed by atoms with E-state index in [1.54, 1.807) is 0 Å². The lowest BCUT2D eigenvalue weighted by Gasteiger charge is -2.32. The maximum Gasteiger partial charge on any atom is 0.138 e. The molecule has 6 rings (SSSR count). The zero-order valence-corrected chi connectivity index (χ0v) is 19.7. The number of ether oxygens (including phenoxy) is 4. The molecule has 6 nitrogen and oxygen atoms in total. The molecule has 33 heavy (non-hydrogen) atoms. The maximum atomic E-state index is 6.48. The lowest BCUT2D eigenvalue weighted by Crippen LogP contribution is -2.45. The van der Waals surface area contributed by atoms with E-state index in [9.17, 15) is 0 Å². The fourth-order valence-corrected chi connectivity index (χ4v) is 5.16. The third-order valence-electron chi connectivity index (χ3n) is 7.18. The lowest BCUT2D eigenvalue weighted by molar-refractivity contribution is 0.132. The van der Waals surface area contributed by atoms with Crippen LogP contribution in [0, 0.1) is 0 Å². The predicted octanol–water partition coefficient (Wildman–Crippen LogP) is 4.11. The third kappa shape index (κ3) is 3.96. The van der Waals surface area contributed by atoms with E-state index in [4.69, 9.17) is 18.9 Å². The molecule has 0 N–H and O–H groups in total. The van der Waals surface area contributed by atoms with Crippen molar-refractivity contribution in [3.8, 4) is 23.0 Å². The van der Waals surface area contributed by atoms with Gasteiger partial charge in [0.1, 0.15) is 41.3 Å². The van der Waals surface area contributed by atoms with Gasteiger partial charge in [-0.1, -0.05) is 12.1 Å². The molecule has 0 saturated carbocycles. The molecule has 4 aliphatic rings. The van der Waals surface area contributed by atoms with Crippen LogP contribution in [-0.2, 0) is 0 Å². The highest BCUT2D eigenvalue weighted by molar-refractivity contribution is 5.66. The Kier molecular flexibility index (Phi) is 5.03. The average molecular weight is 449 g/mol. The van der Waals surface area contributed by atoms with Crippen molar-refractivity contribution in [2.45, 2.75) is 31.5 Å². The zero-order valence-electron chi connectivity index (χ0n) is 19.7. The van der Waals surface area contributed by atoms with E-state index < -0.39 is 0 Å². The van der Waals surface area contributed by atoms with Crippen LogP contribution in [0.25, 0.3) is 6.08 Å². The van der Waals surface area contributed by atoms with E-state index in [0.29, 0.717) is 13.2 Å².